The standard InChI is InChI=1S/C13H15BrO3.C10H9BrO3/c1-9-10(5-4-6-16-2)7-11(8-12(9)14)13(15)17-3;1-6-8(5-12)3-7(4-9(6)11)10(13)14-2/h4-5,7-8H,6H2,1-3H3;3-5H,1-2H3/b5-4+;. The van der Waals surface area contributed by atoms with E-state index in [9.17, 15) is 14.4 Å². The third-order valence-corrected chi connectivity index (χ3v) is 5.95. The number of rotatable bonds is 6. The Bertz CT molecular complexity index is 983. The van der Waals surface area contributed by atoms with Gasteiger partial charge in [0.05, 0.1) is 32.0 Å². The highest BCUT2D eigenvalue weighted by Crippen LogP contribution is 2.24. The van der Waals surface area contributed by atoms with E-state index >= 15 is 0 Å². The number of ether oxygens (including phenoxy) is 3. The summed E-state index contributed by atoms with van der Waals surface area (Å²) in [4.78, 5) is 33.3. The maximum absolute atomic E-state index is 11.5. The zero-order valence-electron chi connectivity index (χ0n) is 18.0. The molecule has 0 heterocycles. The molecule has 0 saturated heterocycles. The van der Waals surface area contributed by atoms with E-state index < -0.39 is 5.97 Å². The predicted molar refractivity (Wildman–Crippen MR) is 127 cm³/mol. The molecule has 0 spiro atoms. The van der Waals surface area contributed by atoms with Crippen LogP contribution in [0.4, 0.5) is 0 Å². The zero-order valence-corrected chi connectivity index (χ0v) is 21.1. The first kappa shape index (κ1) is 26.7. The van der Waals surface area contributed by atoms with E-state index in [1.807, 2.05) is 19.1 Å². The van der Waals surface area contributed by atoms with Crippen LogP contribution in [0.1, 0.15) is 47.8 Å². The molecule has 2 aromatic rings. The molecule has 0 fully saturated rings. The summed E-state index contributed by atoms with van der Waals surface area (Å²) >= 11 is 6.70. The normalized spacial score (nSPS) is 10.3. The molecule has 0 N–H and O–H groups in total. The third-order valence-electron chi connectivity index (χ3n) is 4.30. The number of carbonyl (C=O) groups is 3. The van der Waals surface area contributed by atoms with Crippen LogP contribution in [0.15, 0.2) is 39.3 Å². The van der Waals surface area contributed by atoms with Crippen LogP contribution in [-0.2, 0) is 14.2 Å². The van der Waals surface area contributed by atoms with E-state index in [2.05, 4.69) is 36.6 Å². The summed E-state index contributed by atoms with van der Waals surface area (Å²) in [5.41, 5.74) is 4.24. The van der Waals surface area contributed by atoms with Crippen molar-refractivity contribution in [1.82, 2.24) is 0 Å². The van der Waals surface area contributed by atoms with Gasteiger partial charge in [0.25, 0.3) is 0 Å². The van der Waals surface area contributed by atoms with Crippen LogP contribution in [0.3, 0.4) is 0 Å². The molecule has 6 nitrogen and oxygen atoms in total. The molecule has 0 bridgehead atoms. The quantitative estimate of drug-likeness (QED) is 0.343. The predicted octanol–water partition coefficient (Wildman–Crippen LogP) is 5.56. The Labute approximate surface area is 198 Å². The second-order valence-corrected chi connectivity index (χ2v) is 8.01. The summed E-state index contributed by atoms with van der Waals surface area (Å²) in [7, 11) is 4.31. The molecule has 166 valence electrons. The van der Waals surface area contributed by atoms with E-state index in [0.717, 1.165) is 25.6 Å². The third kappa shape index (κ3) is 7.72. The van der Waals surface area contributed by atoms with Crippen LogP contribution >= 0.6 is 31.9 Å². The lowest BCUT2D eigenvalue weighted by atomic mass is 10.0. The highest BCUT2D eigenvalue weighted by atomic mass is 79.9. The van der Waals surface area contributed by atoms with Crippen LogP contribution in [0.2, 0.25) is 0 Å². The van der Waals surface area contributed by atoms with Gasteiger partial charge < -0.3 is 14.2 Å². The number of hydrogen-bond acceptors (Lipinski definition) is 6. The number of benzene rings is 2. The number of halogens is 2. The first-order chi connectivity index (χ1) is 14.7. The maximum Gasteiger partial charge on any atom is 0.337 e. The Balaban J connectivity index is 0.000000316. The smallest absolute Gasteiger partial charge is 0.337 e. The SMILES string of the molecule is COC(=O)c1cc(Br)c(C)c(C=O)c1.COC/C=C/c1cc(C(=O)OC)cc(Br)c1C. The monoisotopic (exact) mass is 554 g/mol. The molecule has 0 aliphatic rings. The van der Waals surface area contributed by atoms with Crippen LogP contribution in [-0.4, -0.2) is 46.2 Å². The molecule has 8 heteroatoms. The second-order valence-electron chi connectivity index (χ2n) is 6.30. The number of aldehydes is 1. The maximum atomic E-state index is 11.5. The molecular weight excluding hydrogens is 532 g/mol. The van der Waals surface area contributed by atoms with Crippen molar-refractivity contribution in [2.24, 2.45) is 0 Å². The van der Waals surface area contributed by atoms with Crippen LogP contribution in [0, 0.1) is 13.8 Å². The van der Waals surface area contributed by atoms with Gasteiger partial charge in [-0.05, 0) is 54.8 Å². The molecule has 0 amide bonds. The van der Waals surface area contributed by atoms with E-state index in [-0.39, 0.29) is 5.97 Å². The molecule has 0 aromatic heterocycles. The van der Waals surface area contributed by atoms with Crippen molar-refractivity contribution in [3.05, 3.63) is 72.7 Å². The molecule has 0 aliphatic carbocycles. The molecule has 0 saturated carbocycles. The van der Waals surface area contributed by atoms with Gasteiger partial charge >= 0.3 is 11.9 Å². The summed E-state index contributed by atoms with van der Waals surface area (Å²) in [6.45, 7) is 4.33. The van der Waals surface area contributed by atoms with E-state index in [0.29, 0.717) is 29.6 Å². The van der Waals surface area contributed by atoms with Gasteiger partial charge in [-0.3, -0.25) is 4.79 Å². The molecule has 0 aliphatic heterocycles. The van der Waals surface area contributed by atoms with Gasteiger partial charge in [0.15, 0.2) is 0 Å². The van der Waals surface area contributed by atoms with E-state index in [4.69, 9.17) is 9.47 Å². The average Bonchev–Trinajstić information content (AvgIpc) is 2.77. The molecule has 0 atom stereocenters. The van der Waals surface area contributed by atoms with Gasteiger partial charge in [0, 0.05) is 21.6 Å². The topological polar surface area (TPSA) is 78.9 Å². The Morgan fingerprint density at radius 1 is 0.839 bits per heavy atom. The van der Waals surface area contributed by atoms with Crippen molar-refractivity contribution < 1.29 is 28.6 Å². The van der Waals surface area contributed by atoms with Crippen molar-refractivity contribution in [3.8, 4) is 0 Å². The summed E-state index contributed by atoms with van der Waals surface area (Å²) in [6, 6.07) is 6.71. The van der Waals surface area contributed by atoms with Crippen LogP contribution in [0.5, 0.6) is 0 Å². The van der Waals surface area contributed by atoms with Gasteiger partial charge in [0.2, 0.25) is 0 Å². The lowest BCUT2D eigenvalue weighted by Gasteiger charge is -2.07. The van der Waals surface area contributed by atoms with E-state index in [1.54, 1.807) is 32.2 Å². The minimum atomic E-state index is -0.450. The minimum absolute atomic E-state index is 0.341. The van der Waals surface area contributed by atoms with Crippen molar-refractivity contribution in [2.45, 2.75) is 13.8 Å². The van der Waals surface area contributed by atoms with Crippen LogP contribution < -0.4 is 0 Å². The fraction of sp³-hybridized carbons (Fsp3) is 0.261. The Hall–Kier alpha value is -2.29. The van der Waals surface area contributed by atoms with Crippen molar-refractivity contribution >= 4 is 56.2 Å². The van der Waals surface area contributed by atoms with Gasteiger partial charge in [-0.15, -0.1) is 0 Å². The van der Waals surface area contributed by atoms with Gasteiger partial charge in [0.1, 0.15) is 6.29 Å². The summed E-state index contributed by atoms with van der Waals surface area (Å²) in [5.74, 6) is -0.791. The largest absolute Gasteiger partial charge is 0.465 e. The Morgan fingerprint density at radius 2 is 1.29 bits per heavy atom. The summed E-state index contributed by atoms with van der Waals surface area (Å²) in [6.07, 6.45) is 4.54. The number of carbonyl (C=O) groups excluding carboxylic acids is 3. The van der Waals surface area contributed by atoms with Crippen molar-refractivity contribution in [1.29, 1.82) is 0 Å². The molecule has 31 heavy (non-hydrogen) atoms. The fourth-order valence-corrected chi connectivity index (χ4v) is 3.39. The second kappa shape index (κ2) is 13.2. The van der Waals surface area contributed by atoms with Crippen LogP contribution in [0.25, 0.3) is 6.08 Å². The molecule has 2 rings (SSSR count). The lowest BCUT2D eigenvalue weighted by molar-refractivity contribution is 0.0591. The highest BCUT2D eigenvalue weighted by Gasteiger charge is 2.11. The average molecular weight is 556 g/mol. The minimum Gasteiger partial charge on any atom is -0.465 e. The molecular formula is C23H24Br2O6. The van der Waals surface area contributed by atoms with Gasteiger partial charge in [-0.2, -0.15) is 0 Å². The zero-order chi connectivity index (χ0) is 23.6. The van der Waals surface area contributed by atoms with Crippen molar-refractivity contribution in [2.75, 3.05) is 27.9 Å². The lowest BCUT2D eigenvalue weighted by Crippen LogP contribution is -2.03. The number of methoxy groups -OCH3 is 3. The summed E-state index contributed by atoms with van der Waals surface area (Å²) < 4.78 is 15.8. The van der Waals surface area contributed by atoms with E-state index in [1.165, 1.54) is 20.3 Å². The Morgan fingerprint density at radius 3 is 1.71 bits per heavy atom. The molecule has 0 radical (unpaired) electrons. The summed E-state index contributed by atoms with van der Waals surface area (Å²) in [5, 5.41) is 0. The van der Waals surface area contributed by atoms with Gasteiger partial charge in [-0.1, -0.05) is 44.0 Å². The highest BCUT2D eigenvalue weighted by molar-refractivity contribution is 9.10. The van der Waals surface area contributed by atoms with Crippen molar-refractivity contribution in [3.63, 3.8) is 0 Å². The number of hydrogen-bond donors (Lipinski definition) is 0. The van der Waals surface area contributed by atoms with Gasteiger partial charge in [-0.25, -0.2) is 9.59 Å². The molecule has 0 unspecified atom stereocenters. The first-order valence-electron chi connectivity index (χ1n) is 9.07. The number of esters is 2. The first-order valence-corrected chi connectivity index (χ1v) is 10.7. The Kier molecular flexibility index (Phi) is 11.4. The fourth-order valence-electron chi connectivity index (χ4n) is 2.44. The molecule has 2 aromatic carbocycles.